The Morgan fingerprint density at radius 1 is 1.50 bits per heavy atom. The van der Waals surface area contributed by atoms with Crippen molar-refractivity contribution < 1.29 is 0 Å². The fraction of sp³-hybridized carbons (Fsp3) is 0.400. The summed E-state index contributed by atoms with van der Waals surface area (Å²) in [5.74, 6) is 0. The average Bonchev–Trinajstić information content (AvgIpc) is 1.94. The highest BCUT2D eigenvalue weighted by Crippen LogP contribution is 1.90. The van der Waals surface area contributed by atoms with E-state index in [2.05, 4.69) is 10.2 Å². The molecule has 1 N–H and O–H groups in total. The lowest BCUT2D eigenvalue weighted by molar-refractivity contribution is 1.16. The molecule has 0 atom stereocenters. The van der Waals surface area contributed by atoms with Crippen LogP contribution >= 0.6 is 0 Å². The third kappa shape index (κ3) is 1.26. The van der Waals surface area contributed by atoms with Crippen LogP contribution in [0, 0.1) is 5.41 Å². The molecule has 0 saturated heterocycles. The van der Waals surface area contributed by atoms with Crippen LogP contribution < -0.4 is 0 Å². The van der Waals surface area contributed by atoms with Gasteiger partial charge in [0, 0.05) is 6.21 Å². The van der Waals surface area contributed by atoms with E-state index in [1.807, 2.05) is 0 Å². The van der Waals surface area contributed by atoms with Gasteiger partial charge >= 0.3 is 0 Å². The molecule has 3 heteroatoms. The first-order chi connectivity index (χ1) is 3.89. The Morgan fingerprint density at radius 2 is 2.38 bits per heavy atom. The van der Waals surface area contributed by atoms with Gasteiger partial charge in [0.05, 0.1) is 11.9 Å². The first-order valence-electron chi connectivity index (χ1n) is 2.52. The van der Waals surface area contributed by atoms with E-state index in [1.54, 1.807) is 6.21 Å². The molecule has 8 heavy (non-hydrogen) atoms. The Morgan fingerprint density at radius 3 is 3.25 bits per heavy atom. The molecular formula is C5H7N3. The second-order valence-corrected chi connectivity index (χ2v) is 1.61. The first-order valence-corrected chi connectivity index (χ1v) is 2.52. The summed E-state index contributed by atoms with van der Waals surface area (Å²) in [6, 6.07) is 0. The van der Waals surface area contributed by atoms with Gasteiger partial charge in [-0.2, -0.15) is 10.2 Å². The molecule has 0 unspecified atom stereocenters. The normalized spacial score (nSPS) is 18.8. The van der Waals surface area contributed by atoms with E-state index in [9.17, 15) is 0 Å². The first kappa shape index (κ1) is 5.15. The summed E-state index contributed by atoms with van der Waals surface area (Å²) < 4.78 is 0. The Hall–Kier alpha value is -0.990. The van der Waals surface area contributed by atoms with Crippen molar-refractivity contribution in [1.29, 1.82) is 5.41 Å². The van der Waals surface area contributed by atoms with Crippen molar-refractivity contribution in [3.05, 3.63) is 0 Å². The Bertz CT molecular complexity index is 146. The molecule has 0 amide bonds. The van der Waals surface area contributed by atoms with Gasteiger partial charge in [0.1, 0.15) is 0 Å². The van der Waals surface area contributed by atoms with E-state index in [4.69, 9.17) is 5.41 Å². The van der Waals surface area contributed by atoms with Crippen molar-refractivity contribution in [3.63, 3.8) is 0 Å². The maximum absolute atomic E-state index is 7.10. The molecule has 42 valence electrons. The summed E-state index contributed by atoms with van der Waals surface area (Å²) in [5, 5.41) is 14.3. The van der Waals surface area contributed by atoms with Gasteiger partial charge in [-0.25, -0.2) is 0 Å². The van der Waals surface area contributed by atoms with Gasteiger partial charge in [-0.15, -0.1) is 0 Å². The average molecular weight is 109 g/mol. The quantitative estimate of drug-likeness (QED) is 0.479. The van der Waals surface area contributed by atoms with Crippen LogP contribution in [0.25, 0.3) is 0 Å². The van der Waals surface area contributed by atoms with Crippen LogP contribution in [0.15, 0.2) is 10.2 Å². The molecular weight excluding hydrogens is 102 g/mol. The highest BCUT2D eigenvalue weighted by molar-refractivity contribution is 6.29. The lowest BCUT2D eigenvalue weighted by Crippen LogP contribution is -1.94. The second-order valence-electron chi connectivity index (χ2n) is 1.61. The van der Waals surface area contributed by atoms with Gasteiger partial charge < -0.3 is 5.41 Å². The third-order valence-electron chi connectivity index (χ3n) is 0.905. The number of hydrogen-bond acceptors (Lipinski definition) is 3. The molecule has 0 spiro atoms. The number of nitrogens with zero attached hydrogens (tertiary/aromatic N) is 2. The molecule has 0 saturated carbocycles. The Labute approximate surface area is 47.6 Å². The van der Waals surface area contributed by atoms with Gasteiger partial charge in [-0.3, -0.25) is 0 Å². The number of rotatable bonds is 0. The lowest BCUT2D eigenvalue weighted by atomic mass is 10.2. The molecule has 0 aliphatic carbocycles. The topological polar surface area (TPSA) is 48.6 Å². The largest absolute Gasteiger partial charge is 0.304 e. The monoisotopic (exact) mass is 109 g/mol. The fourth-order valence-electron chi connectivity index (χ4n) is 0.493. The van der Waals surface area contributed by atoms with Gasteiger partial charge in [0.15, 0.2) is 0 Å². The van der Waals surface area contributed by atoms with Crippen molar-refractivity contribution >= 4 is 18.1 Å². The summed E-state index contributed by atoms with van der Waals surface area (Å²) in [7, 11) is 0. The molecule has 0 aromatic rings. The predicted molar refractivity (Wildman–Crippen MR) is 33.9 cm³/mol. The van der Waals surface area contributed by atoms with Crippen LogP contribution in [-0.4, -0.2) is 18.1 Å². The molecule has 0 fully saturated rings. The van der Waals surface area contributed by atoms with E-state index in [1.165, 1.54) is 6.21 Å². The minimum atomic E-state index is 0.558. The van der Waals surface area contributed by atoms with Crippen molar-refractivity contribution in [2.45, 2.75) is 12.8 Å². The smallest absolute Gasteiger partial charge is 0.0703 e. The standard InChI is InChI=1S/C5H7N3/c6-5-2-1-3-7-8-4-5/h3-4,6H,1-2H2. The summed E-state index contributed by atoms with van der Waals surface area (Å²) in [6.07, 6.45) is 4.81. The molecule has 3 nitrogen and oxygen atoms in total. The van der Waals surface area contributed by atoms with E-state index in [0.29, 0.717) is 5.71 Å². The molecule has 1 heterocycles. The zero-order valence-electron chi connectivity index (χ0n) is 4.46. The van der Waals surface area contributed by atoms with E-state index < -0.39 is 0 Å². The Balaban J connectivity index is 2.58. The zero-order chi connectivity index (χ0) is 5.82. The predicted octanol–water partition coefficient (Wildman–Crippen LogP) is 0.857. The van der Waals surface area contributed by atoms with Crippen LogP contribution in [-0.2, 0) is 0 Å². The Kier molecular flexibility index (Phi) is 1.51. The summed E-state index contributed by atoms with van der Waals surface area (Å²) in [6.45, 7) is 0. The van der Waals surface area contributed by atoms with E-state index in [-0.39, 0.29) is 0 Å². The van der Waals surface area contributed by atoms with Crippen LogP contribution in [0.3, 0.4) is 0 Å². The minimum Gasteiger partial charge on any atom is -0.304 e. The van der Waals surface area contributed by atoms with Gasteiger partial charge in [0.25, 0.3) is 0 Å². The van der Waals surface area contributed by atoms with Crippen molar-refractivity contribution in [1.82, 2.24) is 0 Å². The highest BCUT2D eigenvalue weighted by atomic mass is 15.2. The zero-order valence-corrected chi connectivity index (χ0v) is 4.46. The molecule has 0 aromatic carbocycles. The fourth-order valence-corrected chi connectivity index (χ4v) is 0.493. The molecule has 0 bridgehead atoms. The highest BCUT2D eigenvalue weighted by Gasteiger charge is 1.92. The summed E-state index contributed by atoms with van der Waals surface area (Å²) in [5.41, 5.74) is 0.558. The lowest BCUT2D eigenvalue weighted by Gasteiger charge is -1.84. The summed E-state index contributed by atoms with van der Waals surface area (Å²) in [4.78, 5) is 0. The molecule has 1 aliphatic rings. The summed E-state index contributed by atoms with van der Waals surface area (Å²) >= 11 is 0. The molecule has 1 rings (SSSR count). The third-order valence-corrected chi connectivity index (χ3v) is 0.905. The maximum atomic E-state index is 7.10. The van der Waals surface area contributed by atoms with Crippen molar-refractivity contribution in [3.8, 4) is 0 Å². The van der Waals surface area contributed by atoms with E-state index >= 15 is 0 Å². The van der Waals surface area contributed by atoms with Crippen LogP contribution in [0.4, 0.5) is 0 Å². The minimum absolute atomic E-state index is 0.558. The van der Waals surface area contributed by atoms with Crippen LogP contribution in [0.5, 0.6) is 0 Å². The van der Waals surface area contributed by atoms with Gasteiger partial charge in [-0.1, -0.05) is 0 Å². The van der Waals surface area contributed by atoms with Crippen LogP contribution in [0.1, 0.15) is 12.8 Å². The van der Waals surface area contributed by atoms with Crippen LogP contribution in [0.2, 0.25) is 0 Å². The van der Waals surface area contributed by atoms with Gasteiger partial charge in [0.2, 0.25) is 0 Å². The second kappa shape index (κ2) is 2.35. The molecule has 1 aliphatic heterocycles. The number of hydrogen-bond donors (Lipinski definition) is 1. The molecule has 0 radical (unpaired) electrons. The maximum Gasteiger partial charge on any atom is 0.0703 e. The van der Waals surface area contributed by atoms with E-state index in [0.717, 1.165) is 12.8 Å². The SMILES string of the molecule is N=C1C=NN=CCC1. The van der Waals surface area contributed by atoms with Crippen molar-refractivity contribution in [2.75, 3.05) is 0 Å². The number of nitrogens with one attached hydrogen (secondary N) is 1. The van der Waals surface area contributed by atoms with Crippen molar-refractivity contribution in [2.24, 2.45) is 10.2 Å². The van der Waals surface area contributed by atoms with Gasteiger partial charge in [-0.05, 0) is 12.8 Å². The molecule has 0 aromatic heterocycles.